The standard InChI is InChI=1S/C22H32N2O3.ClH/c1-15-9-10-18-16(14-15)22(2)12-11-17(25)20(21(22)27-18)23-19(26)8-6-5-7-13-24(3)4;/h9-10,14,20-21H,5-8,11-13H2,1-4H3,(H,23,26);1H/t20-,21-,22-;/m0./s1. The zero-order valence-corrected chi connectivity index (χ0v) is 18.2. The summed E-state index contributed by atoms with van der Waals surface area (Å²) in [6, 6.07) is 5.63. The summed E-state index contributed by atoms with van der Waals surface area (Å²) in [5, 5.41) is 2.99. The zero-order valence-electron chi connectivity index (χ0n) is 17.4. The Morgan fingerprint density at radius 3 is 2.75 bits per heavy atom. The number of carbonyl (C=O) groups excluding carboxylic acids is 2. The van der Waals surface area contributed by atoms with Gasteiger partial charge in [-0.05, 0) is 52.9 Å². The number of hydrogen-bond donors (Lipinski definition) is 1. The van der Waals surface area contributed by atoms with Gasteiger partial charge in [0, 0.05) is 23.8 Å². The van der Waals surface area contributed by atoms with Crippen LogP contribution < -0.4 is 10.1 Å². The van der Waals surface area contributed by atoms with Crippen molar-refractivity contribution in [1.29, 1.82) is 0 Å². The summed E-state index contributed by atoms with van der Waals surface area (Å²) in [7, 11) is 4.11. The van der Waals surface area contributed by atoms with Crippen molar-refractivity contribution in [3.8, 4) is 5.75 Å². The van der Waals surface area contributed by atoms with Crippen LogP contribution in [0.2, 0.25) is 0 Å². The van der Waals surface area contributed by atoms with Crippen LogP contribution in [0.1, 0.15) is 56.6 Å². The summed E-state index contributed by atoms with van der Waals surface area (Å²) in [4.78, 5) is 27.2. The van der Waals surface area contributed by atoms with Crippen LogP contribution in [-0.4, -0.2) is 49.4 Å². The van der Waals surface area contributed by atoms with E-state index in [1.807, 2.05) is 12.1 Å². The molecule has 6 heteroatoms. The monoisotopic (exact) mass is 408 g/mol. The Morgan fingerprint density at radius 1 is 1.29 bits per heavy atom. The number of carbonyl (C=O) groups is 2. The fourth-order valence-electron chi connectivity index (χ4n) is 4.33. The van der Waals surface area contributed by atoms with E-state index in [1.54, 1.807) is 0 Å². The molecule has 0 unspecified atom stereocenters. The fraction of sp³-hybridized carbons (Fsp3) is 0.636. The Labute approximate surface area is 174 Å². The van der Waals surface area contributed by atoms with Gasteiger partial charge in [-0.15, -0.1) is 12.4 Å². The smallest absolute Gasteiger partial charge is 0.220 e. The van der Waals surface area contributed by atoms with Gasteiger partial charge in [0.15, 0.2) is 5.78 Å². The molecule has 0 bridgehead atoms. The first-order valence-corrected chi connectivity index (χ1v) is 10.1. The van der Waals surface area contributed by atoms with Gasteiger partial charge in [0.1, 0.15) is 17.9 Å². The number of nitrogens with one attached hydrogen (secondary N) is 1. The minimum Gasteiger partial charge on any atom is -0.487 e. The Bertz CT molecular complexity index is 722. The highest BCUT2D eigenvalue weighted by Gasteiger charge is 2.54. The highest BCUT2D eigenvalue weighted by atomic mass is 35.5. The summed E-state index contributed by atoms with van der Waals surface area (Å²) >= 11 is 0. The van der Waals surface area contributed by atoms with Crippen molar-refractivity contribution in [2.24, 2.45) is 0 Å². The van der Waals surface area contributed by atoms with E-state index in [0.29, 0.717) is 12.8 Å². The van der Waals surface area contributed by atoms with Crippen molar-refractivity contribution in [3.63, 3.8) is 0 Å². The van der Waals surface area contributed by atoms with Crippen LogP contribution in [0.5, 0.6) is 5.75 Å². The molecular weight excluding hydrogens is 376 g/mol. The molecule has 28 heavy (non-hydrogen) atoms. The molecule has 3 atom stereocenters. The summed E-state index contributed by atoms with van der Waals surface area (Å²) in [5.41, 5.74) is 2.14. The van der Waals surface area contributed by atoms with Crippen LogP contribution in [0.4, 0.5) is 0 Å². The predicted molar refractivity (Wildman–Crippen MR) is 113 cm³/mol. The van der Waals surface area contributed by atoms with Crippen molar-refractivity contribution in [2.45, 2.75) is 69.9 Å². The summed E-state index contributed by atoms with van der Waals surface area (Å²) < 4.78 is 6.18. The SMILES string of the molecule is Cc1ccc2c(c1)[C@]1(C)CCC(=O)[C@H](NC(=O)CCCCCN(C)C)[C@@H]1O2.Cl. The average molecular weight is 409 g/mol. The molecule has 1 fully saturated rings. The predicted octanol–water partition coefficient (Wildman–Crippen LogP) is 3.41. The van der Waals surface area contributed by atoms with Crippen molar-refractivity contribution in [2.75, 3.05) is 20.6 Å². The lowest BCUT2D eigenvalue weighted by Gasteiger charge is -2.39. The summed E-state index contributed by atoms with van der Waals surface area (Å²) in [6.07, 6.45) is 4.36. The molecule has 5 nitrogen and oxygen atoms in total. The second-order valence-electron chi connectivity index (χ2n) is 8.58. The number of rotatable bonds is 7. The number of hydrogen-bond acceptors (Lipinski definition) is 4. The van der Waals surface area contributed by atoms with E-state index in [4.69, 9.17) is 4.74 Å². The van der Waals surface area contributed by atoms with E-state index in [1.165, 1.54) is 11.1 Å². The lowest BCUT2D eigenvalue weighted by Crippen LogP contribution is -2.59. The first kappa shape index (κ1) is 22.7. The molecule has 3 rings (SSSR count). The van der Waals surface area contributed by atoms with Gasteiger partial charge in [-0.2, -0.15) is 0 Å². The third kappa shape index (κ3) is 4.69. The molecule has 1 aliphatic heterocycles. The highest BCUT2D eigenvalue weighted by molar-refractivity contribution is 5.91. The molecule has 0 aromatic heterocycles. The van der Waals surface area contributed by atoms with E-state index < -0.39 is 6.04 Å². The van der Waals surface area contributed by atoms with E-state index >= 15 is 0 Å². The molecule has 1 heterocycles. The Kier molecular flexibility index (Phi) is 7.52. The zero-order chi connectivity index (χ0) is 19.6. The molecule has 2 aliphatic rings. The van der Waals surface area contributed by atoms with Gasteiger partial charge in [0.2, 0.25) is 5.91 Å². The fourth-order valence-corrected chi connectivity index (χ4v) is 4.33. The van der Waals surface area contributed by atoms with Gasteiger partial charge in [0.25, 0.3) is 0 Å². The topological polar surface area (TPSA) is 58.6 Å². The minimum atomic E-state index is -0.550. The van der Waals surface area contributed by atoms with Crippen molar-refractivity contribution in [3.05, 3.63) is 29.3 Å². The largest absolute Gasteiger partial charge is 0.487 e. The van der Waals surface area contributed by atoms with Gasteiger partial charge in [-0.3, -0.25) is 9.59 Å². The number of benzene rings is 1. The van der Waals surface area contributed by atoms with Crippen molar-refractivity contribution >= 4 is 24.1 Å². The van der Waals surface area contributed by atoms with E-state index in [2.05, 4.69) is 44.2 Å². The van der Waals surface area contributed by atoms with Crippen LogP contribution >= 0.6 is 12.4 Å². The number of unbranched alkanes of at least 4 members (excludes halogenated alkanes) is 2. The second kappa shape index (κ2) is 9.27. The molecule has 156 valence electrons. The lowest BCUT2D eigenvalue weighted by molar-refractivity contribution is -0.133. The quantitative estimate of drug-likeness (QED) is 0.702. The number of fused-ring (bicyclic) bond motifs is 3. The van der Waals surface area contributed by atoms with Gasteiger partial charge >= 0.3 is 0 Å². The lowest BCUT2D eigenvalue weighted by atomic mass is 9.67. The number of amides is 1. The Hall–Kier alpha value is -1.59. The Balaban J connectivity index is 0.00000280. The van der Waals surface area contributed by atoms with Crippen LogP contribution in [0.25, 0.3) is 0 Å². The molecule has 1 amide bonds. The number of aryl methyl sites for hydroxylation is 1. The maximum Gasteiger partial charge on any atom is 0.220 e. The molecule has 0 radical (unpaired) electrons. The molecule has 0 saturated heterocycles. The van der Waals surface area contributed by atoms with Gasteiger partial charge in [0.05, 0.1) is 0 Å². The second-order valence-corrected chi connectivity index (χ2v) is 8.58. The normalized spacial score (nSPS) is 25.5. The van der Waals surface area contributed by atoms with E-state index in [9.17, 15) is 9.59 Å². The van der Waals surface area contributed by atoms with Crippen LogP contribution in [0.15, 0.2) is 18.2 Å². The molecule has 1 N–H and O–H groups in total. The first-order chi connectivity index (χ1) is 12.8. The molecule has 1 aromatic rings. The number of nitrogens with zero attached hydrogens (tertiary/aromatic N) is 1. The highest BCUT2D eigenvalue weighted by Crippen LogP contribution is 2.49. The number of halogens is 1. The first-order valence-electron chi connectivity index (χ1n) is 10.1. The minimum absolute atomic E-state index is 0. The summed E-state index contributed by atoms with van der Waals surface area (Å²) in [5.74, 6) is 0.895. The third-order valence-electron chi connectivity index (χ3n) is 6.00. The van der Waals surface area contributed by atoms with Gasteiger partial charge < -0.3 is 15.0 Å². The maximum atomic E-state index is 12.6. The molecule has 1 saturated carbocycles. The molecule has 0 spiro atoms. The van der Waals surface area contributed by atoms with E-state index in [0.717, 1.165) is 38.0 Å². The Morgan fingerprint density at radius 2 is 2.04 bits per heavy atom. The molecule has 1 aromatic carbocycles. The van der Waals surface area contributed by atoms with Crippen LogP contribution in [-0.2, 0) is 15.0 Å². The number of Topliss-reactive ketones (excluding diaryl/α,β-unsaturated/α-hetero) is 1. The maximum absolute atomic E-state index is 12.6. The third-order valence-corrected chi connectivity index (χ3v) is 6.00. The van der Waals surface area contributed by atoms with Crippen molar-refractivity contribution < 1.29 is 14.3 Å². The molecular formula is C22H33ClN2O3. The van der Waals surface area contributed by atoms with Gasteiger partial charge in [-0.25, -0.2) is 0 Å². The molecule has 1 aliphatic carbocycles. The average Bonchev–Trinajstić information content (AvgIpc) is 2.90. The van der Waals surface area contributed by atoms with Gasteiger partial charge in [-0.1, -0.05) is 31.0 Å². The van der Waals surface area contributed by atoms with Crippen LogP contribution in [0.3, 0.4) is 0 Å². The number of ether oxygens (including phenoxy) is 1. The van der Waals surface area contributed by atoms with Crippen molar-refractivity contribution in [1.82, 2.24) is 10.2 Å². The van der Waals surface area contributed by atoms with E-state index in [-0.39, 0.29) is 35.6 Å². The number of ketones is 1. The summed E-state index contributed by atoms with van der Waals surface area (Å²) in [6.45, 7) is 5.27. The van der Waals surface area contributed by atoms with Crippen LogP contribution in [0, 0.1) is 6.92 Å².